The second-order valence-electron chi connectivity index (χ2n) is 3.06. The maximum absolute atomic E-state index is 10.8. The van der Waals surface area contributed by atoms with Crippen molar-refractivity contribution < 1.29 is 9.90 Å². The summed E-state index contributed by atoms with van der Waals surface area (Å²) in [5.74, 6) is -0.796. The Kier molecular flexibility index (Phi) is 5.47. The third-order valence-electron chi connectivity index (χ3n) is 2.01. The average Bonchev–Trinajstić information content (AvgIpc) is 2.60. The minimum Gasteiger partial charge on any atom is -0.478 e. The molecule has 0 bridgehead atoms. The van der Waals surface area contributed by atoms with Crippen molar-refractivity contribution in [2.24, 2.45) is 0 Å². The maximum atomic E-state index is 10.8. The summed E-state index contributed by atoms with van der Waals surface area (Å²) in [5.41, 5.74) is 0.490. The van der Waals surface area contributed by atoms with Crippen LogP contribution in [0.1, 0.15) is 34.5 Å². The first-order valence-electron chi connectivity index (χ1n) is 4.61. The molecule has 0 aliphatic carbocycles. The van der Waals surface area contributed by atoms with E-state index in [-0.39, 0.29) is 0 Å². The number of thiophene rings is 1. The van der Waals surface area contributed by atoms with Crippen LogP contribution in [-0.4, -0.2) is 15.5 Å². The second kappa shape index (κ2) is 6.40. The van der Waals surface area contributed by atoms with Crippen LogP contribution in [-0.2, 0) is 6.42 Å². The number of unbranched alkanes of at least 4 members (excludes halogenated alkanes) is 2. The maximum Gasteiger partial charge on any atom is 0.336 e. The summed E-state index contributed by atoms with van der Waals surface area (Å²) in [6.07, 6.45) is 4.44. The minimum atomic E-state index is -0.796. The molecule has 0 aliphatic rings. The van der Waals surface area contributed by atoms with Gasteiger partial charge in [0.05, 0.1) is 5.56 Å². The van der Waals surface area contributed by atoms with Crippen LogP contribution < -0.4 is 0 Å². The van der Waals surface area contributed by atoms with Gasteiger partial charge in [-0.1, -0.05) is 29.0 Å². The molecule has 1 rings (SSSR count). The number of carboxylic acid groups (broad SMARTS) is 1. The van der Waals surface area contributed by atoms with Gasteiger partial charge < -0.3 is 5.11 Å². The zero-order valence-corrected chi connectivity index (χ0v) is 10.8. The van der Waals surface area contributed by atoms with E-state index in [1.807, 2.05) is 5.38 Å². The molecule has 78 valence electrons. The normalized spacial score (nSPS) is 10.4. The summed E-state index contributed by atoms with van der Waals surface area (Å²) in [7, 11) is 0. The van der Waals surface area contributed by atoms with Gasteiger partial charge in [-0.2, -0.15) is 0 Å². The Morgan fingerprint density at radius 2 is 2.21 bits per heavy atom. The van der Waals surface area contributed by atoms with Gasteiger partial charge in [-0.25, -0.2) is 4.79 Å². The number of hydrogen-bond donors (Lipinski definition) is 1. The monoisotopic (exact) mass is 324 g/mol. The summed E-state index contributed by atoms with van der Waals surface area (Å²) in [6.45, 7) is 0. The molecule has 1 aromatic heterocycles. The third kappa shape index (κ3) is 3.57. The predicted molar refractivity (Wildman–Crippen MR) is 67.7 cm³/mol. The van der Waals surface area contributed by atoms with E-state index in [0.717, 1.165) is 17.7 Å². The second-order valence-corrected chi connectivity index (χ2v) is 5.14. The van der Waals surface area contributed by atoms with Gasteiger partial charge in [-0.05, 0) is 35.1 Å². The Balaban J connectivity index is 2.42. The molecule has 2 nitrogen and oxygen atoms in total. The van der Waals surface area contributed by atoms with Crippen LogP contribution in [0.5, 0.6) is 0 Å². The Hall–Kier alpha value is -0.100. The Bertz CT molecular complexity index is 296. The van der Waals surface area contributed by atoms with E-state index in [1.165, 1.54) is 17.3 Å². The number of aryl methyl sites for hydroxylation is 1. The average molecular weight is 324 g/mol. The number of hydrogen-bond acceptors (Lipinski definition) is 2. The lowest BCUT2D eigenvalue weighted by Crippen LogP contribution is -1.98. The number of halogens is 1. The van der Waals surface area contributed by atoms with Crippen LogP contribution in [0.2, 0.25) is 0 Å². The lowest BCUT2D eigenvalue weighted by atomic mass is 10.1. The van der Waals surface area contributed by atoms with Gasteiger partial charge in [-0.3, -0.25) is 0 Å². The van der Waals surface area contributed by atoms with Crippen molar-refractivity contribution in [1.82, 2.24) is 0 Å². The van der Waals surface area contributed by atoms with Crippen LogP contribution in [0.15, 0.2) is 11.4 Å². The van der Waals surface area contributed by atoms with E-state index >= 15 is 0 Å². The van der Waals surface area contributed by atoms with E-state index in [0.29, 0.717) is 5.56 Å². The van der Waals surface area contributed by atoms with Crippen LogP contribution in [0.4, 0.5) is 0 Å². The highest BCUT2D eigenvalue weighted by Crippen LogP contribution is 2.19. The first kappa shape index (κ1) is 12.0. The van der Waals surface area contributed by atoms with E-state index in [2.05, 4.69) is 22.6 Å². The molecule has 0 saturated heterocycles. The van der Waals surface area contributed by atoms with E-state index < -0.39 is 5.97 Å². The summed E-state index contributed by atoms with van der Waals surface area (Å²) in [4.78, 5) is 11.8. The van der Waals surface area contributed by atoms with Crippen molar-refractivity contribution >= 4 is 39.9 Å². The van der Waals surface area contributed by atoms with Gasteiger partial charge in [0, 0.05) is 4.88 Å². The summed E-state index contributed by atoms with van der Waals surface area (Å²) in [5, 5.41) is 10.7. The molecular weight excluding hydrogens is 311 g/mol. The van der Waals surface area contributed by atoms with Crippen LogP contribution >= 0.6 is 33.9 Å². The molecule has 0 atom stereocenters. The van der Waals surface area contributed by atoms with Crippen LogP contribution in [0, 0.1) is 0 Å². The van der Waals surface area contributed by atoms with Crippen molar-refractivity contribution in [2.75, 3.05) is 4.43 Å². The molecule has 0 saturated carbocycles. The molecule has 0 radical (unpaired) electrons. The Morgan fingerprint density at radius 1 is 1.43 bits per heavy atom. The molecule has 0 spiro atoms. The molecule has 0 aromatic carbocycles. The minimum absolute atomic E-state index is 0.490. The molecule has 0 aliphatic heterocycles. The van der Waals surface area contributed by atoms with Gasteiger partial charge in [-0.15, -0.1) is 11.3 Å². The fourth-order valence-corrected chi connectivity index (χ4v) is 2.73. The van der Waals surface area contributed by atoms with Crippen molar-refractivity contribution in [3.05, 3.63) is 21.9 Å². The van der Waals surface area contributed by atoms with Gasteiger partial charge in [0.15, 0.2) is 0 Å². The number of carbonyl (C=O) groups is 1. The molecular formula is C10H13IO2S. The molecule has 14 heavy (non-hydrogen) atoms. The van der Waals surface area contributed by atoms with Crippen LogP contribution in [0.3, 0.4) is 0 Å². The van der Waals surface area contributed by atoms with Gasteiger partial charge in [0.2, 0.25) is 0 Å². The first-order chi connectivity index (χ1) is 6.75. The summed E-state index contributed by atoms with van der Waals surface area (Å²) >= 11 is 3.92. The van der Waals surface area contributed by atoms with Crippen molar-refractivity contribution in [3.63, 3.8) is 0 Å². The number of alkyl halides is 1. The molecule has 1 N–H and O–H groups in total. The van der Waals surface area contributed by atoms with Gasteiger partial charge >= 0.3 is 5.97 Å². The number of carboxylic acids is 1. The number of rotatable bonds is 6. The lowest BCUT2D eigenvalue weighted by molar-refractivity contribution is 0.0696. The molecule has 0 fully saturated rings. The lowest BCUT2D eigenvalue weighted by Gasteiger charge is -1.99. The van der Waals surface area contributed by atoms with E-state index in [4.69, 9.17) is 5.11 Å². The molecule has 0 amide bonds. The topological polar surface area (TPSA) is 37.3 Å². The molecule has 1 heterocycles. The molecule has 0 unspecified atom stereocenters. The number of aromatic carboxylic acids is 1. The van der Waals surface area contributed by atoms with E-state index in [1.54, 1.807) is 17.4 Å². The smallest absolute Gasteiger partial charge is 0.336 e. The van der Waals surface area contributed by atoms with Gasteiger partial charge in [0.25, 0.3) is 0 Å². The van der Waals surface area contributed by atoms with Gasteiger partial charge in [0.1, 0.15) is 0 Å². The standard InChI is InChI=1S/C10H13IO2S/c11-6-3-1-2-4-9-8(10(12)13)5-7-14-9/h5,7H,1-4,6H2,(H,12,13). The summed E-state index contributed by atoms with van der Waals surface area (Å²) in [6, 6.07) is 1.70. The fourth-order valence-electron chi connectivity index (χ4n) is 1.28. The highest BCUT2D eigenvalue weighted by atomic mass is 127. The summed E-state index contributed by atoms with van der Waals surface area (Å²) < 4.78 is 1.19. The SMILES string of the molecule is O=C(O)c1ccsc1CCCCCI. The third-order valence-corrected chi connectivity index (χ3v) is 3.76. The molecule has 1 aromatic rings. The molecule has 4 heteroatoms. The van der Waals surface area contributed by atoms with Crippen molar-refractivity contribution in [3.8, 4) is 0 Å². The van der Waals surface area contributed by atoms with Crippen LogP contribution in [0.25, 0.3) is 0 Å². The quantitative estimate of drug-likeness (QED) is 0.493. The predicted octanol–water partition coefficient (Wildman–Crippen LogP) is 3.59. The first-order valence-corrected chi connectivity index (χ1v) is 7.02. The Labute approximate surface area is 101 Å². The zero-order valence-electron chi connectivity index (χ0n) is 7.83. The largest absolute Gasteiger partial charge is 0.478 e. The highest BCUT2D eigenvalue weighted by Gasteiger charge is 2.10. The zero-order chi connectivity index (χ0) is 10.4. The van der Waals surface area contributed by atoms with Crippen molar-refractivity contribution in [1.29, 1.82) is 0 Å². The van der Waals surface area contributed by atoms with E-state index in [9.17, 15) is 4.79 Å². The Morgan fingerprint density at radius 3 is 2.86 bits per heavy atom. The highest BCUT2D eigenvalue weighted by molar-refractivity contribution is 14.1. The van der Waals surface area contributed by atoms with Crippen molar-refractivity contribution in [2.45, 2.75) is 25.7 Å². The fraction of sp³-hybridized carbons (Fsp3) is 0.500.